The molecule has 2 heterocycles. The molecule has 3 nitrogen and oxygen atoms in total. The molecular formula is C9H16N2OS2. The smallest absolute Gasteiger partial charge is 0.137 e. The Kier molecular flexibility index (Phi) is 3.65. The van der Waals surface area contributed by atoms with E-state index in [0.29, 0.717) is 5.25 Å². The summed E-state index contributed by atoms with van der Waals surface area (Å²) >= 11 is 7.13. The zero-order chi connectivity index (χ0) is 9.97. The summed E-state index contributed by atoms with van der Waals surface area (Å²) in [6, 6.07) is 0. The molecule has 0 N–H and O–H groups in total. The van der Waals surface area contributed by atoms with Crippen LogP contribution in [-0.4, -0.2) is 58.9 Å². The molecule has 2 aliphatic rings. The number of hydrogen-bond acceptors (Lipinski definition) is 4. The molecule has 0 amide bonds. The minimum Gasteiger partial charge on any atom is -0.379 e. The maximum atomic E-state index is 5.32. The van der Waals surface area contributed by atoms with Crippen LogP contribution in [0.1, 0.15) is 6.92 Å². The van der Waals surface area contributed by atoms with Gasteiger partial charge in [0.1, 0.15) is 4.32 Å². The summed E-state index contributed by atoms with van der Waals surface area (Å²) in [7, 11) is 0. The fourth-order valence-electron chi connectivity index (χ4n) is 1.77. The SMILES string of the molecule is CC1CN(CN2CCOCC2)C(=S)S1. The zero-order valence-electron chi connectivity index (χ0n) is 8.44. The second kappa shape index (κ2) is 4.79. The molecule has 14 heavy (non-hydrogen) atoms. The van der Waals surface area contributed by atoms with Crippen molar-refractivity contribution < 1.29 is 4.74 Å². The van der Waals surface area contributed by atoms with E-state index in [1.807, 2.05) is 11.8 Å². The summed E-state index contributed by atoms with van der Waals surface area (Å²) < 4.78 is 6.37. The highest BCUT2D eigenvalue weighted by Crippen LogP contribution is 2.25. The van der Waals surface area contributed by atoms with E-state index in [1.165, 1.54) is 0 Å². The predicted molar refractivity (Wildman–Crippen MR) is 63.6 cm³/mol. The van der Waals surface area contributed by atoms with Gasteiger partial charge in [0.05, 0.1) is 19.9 Å². The fraction of sp³-hybridized carbons (Fsp3) is 0.889. The summed E-state index contributed by atoms with van der Waals surface area (Å²) in [6.45, 7) is 8.12. The molecule has 0 radical (unpaired) electrons. The lowest BCUT2D eigenvalue weighted by Gasteiger charge is -2.31. The highest BCUT2D eigenvalue weighted by Gasteiger charge is 2.25. The molecule has 2 saturated heterocycles. The van der Waals surface area contributed by atoms with Crippen molar-refractivity contribution in [2.45, 2.75) is 12.2 Å². The van der Waals surface area contributed by atoms with Crippen molar-refractivity contribution in [3.8, 4) is 0 Å². The van der Waals surface area contributed by atoms with E-state index >= 15 is 0 Å². The van der Waals surface area contributed by atoms with Crippen LogP contribution < -0.4 is 0 Å². The number of nitrogens with zero attached hydrogens (tertiary/aromatic N) is 2. The number of thiocarbonyl (C=S) groups is 1. The Morgan fingerprint density at radius 1 is 1.50 bits per heavy atom. The molecule has 2 rings (SSSR count). The van der Waals surface area contributed by atoms with E-state index in [2.05, 4.69) is 16.7 Å². The van der Waals surface area contributed by atoms with E-state index in [1.54, 1.807) is 0 Å². The highest BCUT2D eigenvalue weighted by atomic mass is 32.2. The largest absolute Gasteiger partial charge is 0.379 e. The van der Waals surface area contributed by atoms with Crippen molar-refractivity contribution in [3.05, 3.63) is 0 Å². The standard InChI is InChI=1S/C9H16N2OS2/c1-8-6-11(9(13)14-8)7-10-2-4-12-5-3-10/h8H,2-7H2,1H3. The first-order valence-corrected chi connectivity index (χ1v) is 6.30. The minimum atomic E-state index is 0.656. The van der Waals surface area contributed by atoms with Gasteiger partial charge in [-0.3, -0.25) is 4.90 Å². The lowest BCUT2D eigenvalue weighted by Crippen LogP contribution is -2.44. The Balaban J connectivity index is 1.81. The third-order valence-corrected chi connectivity index (χ3v) is 4.07. The maximum absolute atomic E-state index is 5.32. The summed E-state index contributed by atoms with van der Waals surface area (Å²) in [6.07, 6.45) is 0. The molecule has 0 aromatic heterocycles. The lowest BCUT2D eigenvalue weighted by atomic mass is 10.4. The Hall–Kier alpha value is 0.160. The summed E-state index contributed by atoms with van der Waals surface area (Å²) in [5.74, 6) is 0. The first kappa shape index (κ1) is 10.7. The van der Waals surface area contributed by atoms with Crippen molar-refractivity contribution in [3.63, 3.8) is 0 Å². The van der Waals surface area contributed by atoms with Crippen LogP contribution in [0.25, 0.3) is 0 Å². The first-order valence-electron chi connectivity index (χ1n) is 5.01. The molecule has 0 aromatic carbocycles. The normalized spacial score (nSPS) is 29.9. The van der Waals surface area contributed by atoms with Crippen LogP contribution in [0.2, 0.25) is 0 Å². The quantitative estimate of drug-likeness (QED) is 0.658. The molecule has 0 bridgehead atoms. The Bertz CT molecular complexity index is 219. The van der Waals surface area contributed by atoms with Crippen molar-refractivity contribution in [2.75, 3.05) is 39.5 Å². The first-order chi connectivity index (χ1) is 6.75. The summed E-state index contributed by atoms with van der Waals surface area (Å²) in [4.78, 5) is 4.71. The van der Waals surface area contributed by atoms with Crippen LogP contribution in [0.15, 0.2) is 0 Å². The van der Waals surface area contributed by atoms with Gasteiger partial charge >= 0.3 is 0 Å². The van der Waals surface area contributed by atoms with Gasteiger partial charge in [-0.2, -0.15) is 0 Å². The van der Waals surface area contributed by atoms with Gasteiger partial charge in [0.25, 0.3) is 0 Å². The highest BCUT2D eigenvalue weighted by molar-refractivity contribution is 8.23. The van der Waals surface area contributed by atoms with Crippen LogP contribution >= 0.6 is 24.0 Å². The molecule has 2 fully saturated rings. The second-order valence-corrected chi connectivity index (χ2v) is 5.86. The number of thioether (sulfide) groups is 1. The lowest BCUT2D eigenvalue weighted by molar-refractivity contribution is 0.0227. The van der Waals surface area contributed by atoms with Crippen LogP contribution in [0.5, 0.6) is 0 Å². The second-order valence-electron chi connectivity index (χ2n) is 3.79. The Morgan fingerprint density at radius 2 is 2.21 bits per heavy atom. The monoisotopic (exact) mass is 232 g/mol. The van der Waals surface area contributed by atoms with Gasteiger partial charge in [-0.15, -0.1) is 0 Å². The van der Waals surface area contributed by atoms with Gasteiger partial charge in [-0.25, -0.2) is 0 Å². The fourth-order valence-corrected chi connectivity index (χ4v) is 3.27. The number of morpholine rings is 1. The van der Waals surface area contributed by atoms with Gasteiger partial charge in [-0.1, -0.05) is 30.9 Å². The van der Waals surface area contributed by atoms with Crippen molar-refractivity contribution >= 4 is 28.3 Å². The molecule has 0 saturated carbocycles. The molecule has 1 atom stereocenters. The molecule has 1 unspecified atom stereocenters. The molecule has 0 spiro atoms. The van der Waals surface area contributed by atoms with E-state index in [9.17, 15) is 0 Å². The van der Waals surface area contributed by atoms with Crippen LogP contribution in [-0.2, 0) is 4.74 Å². The van der Waals surface area contributed by atoms with Crippen LogP contribution in [0.4, 0.5) is 0 Å². The van der Waals surface area contributed by atoms with Crippen molar-refractivity contribution in [1.29, 1.82) is 0 Å². The Labute approximate surface area is 94.8 Å². The van der Waals surface area contributed by atoms with E-state index in [-0.39, 0.29) is 0 Å². The van der Waals surface area contributed by atoms with Crippen molar-refractivity contribution in [1.82, 2.24) is 9.80 Å². The maximum Gasteiger partial charge on any atom is 0.137 e. The van der Waals surface area contributed by atoms with E-state index < -0.39 is 0 Å². The average Bonchev–Trinajstić information content (AvgIpc) is 2.47. The summed E-state index contributed by atoms with van der Waals surface area (Å²) in [5, 5.41) is 0.656. The minimum absolute atomic E-state index is 0.656. The Morgan fingerprint density at radius 3 is 2.79 bits per heavy atom. The zero-order valence-corrected chi connectivity index (χ0v) is 10.1. The molecule has 80 valence electrons. The molecular weight excluding hydrogens is 216 g/mol. The van der Waals surface area contributed by atoms with Gasteiger partial charge in [0.2, 0.25) is 0 Å². The van der Waals surface area contributed by atoms with Gasteiger partial charge < -0.3 is 9.64 Å². The molecule has 0 aromatic rings. The molecule has 2 aliphatic heterocycles. The molecule has 0 aliphatic carbocycles. The predicted octanol–water partition coefficient (Wildman–Crippen LogP) is 0.998. The van der Waals surface area contributed by atoms with Crippen molar-refractivity contribution in [2.24, 2.45) is 0 Å². The molecule has 5 heteroatoms. The number of ether oxygens (including phenoxy) is 1. The number of hydrogen-bond donors (Lipinski definition) is 0. The van der Waals surface area contributed by atoms with Gasteiger partial charge in [0, 0.05) is 24.9 Å². The van der Waals surface area contributed by atoms with Gasteiger partial charge in [0.15, 0.2) is 0 Å². The van der Waals surface area contributed by atoms with Gasteiger partial charge in [-0.05, 0) is 0 Å². The van der Waals surface area contributed by atoms with Crippen LogP contribution in [0, 0.1) is 0 Å². The topological polar surface area (TPSA) is 15.7 Å². The third kappa shape index (κ3) is 2.59. The van der Waals surface area contributed by atoms with E-state index in [0.717, 1.165) is 43.8 Å². The average molecular weight is 232 g/mol. The van der Waals surface area contributed by atoms with Crippen LogP contribution in [0.3, 0.4) is 0 Å². The third-order valence-electron chi connectivity index (χ3n) is 2.51. The van der Waals surface area contributed by atoms with E-state index in [4.69, 9.17) is 17.0 Å². The number of rotatable bonds is 2. The summed E-state index contributed by atoms with van der Waals surface area (Å²) in [5.41, 5.74) is 0.